The fourth-order valence-electron chi connectivity index (χ4n) is 4.35. The van der Waals surface area contributed by atoms with Gasteiger partial charge in [0.1, 0.15) is 5.60 Å². The number of hydrogen-bond donors (Lipinski definition) is 1. The van der Waals surface area contributed by atoms with Gasteiger partial charge in [-0.05, 0) is 49.9 Å². The summed E-state index contributed by atoms with van der Waals surface area (Å²) in [6, 6.07) is 12.5. The highest BCUT2D eigenvalue weighted by molar-refractivity contribution is 5.35. The molecule has 0 aliphatic carbocycles. The molecule has 0 saturated carbocycles. The fourth-order valence-corrected chi connectivity index (χ4v) is 4.35. The average molecular weight is 363 g/mol. The number of fused-ring (bicyclic) bond motifs is 2. The number of nitrogens with zero attached hydrogens (tertiary/aromatic N) is 4. The number of hydrogen-bond acceptors (Lipinski definition) is 4. The maximum Gasteiger partial charge on any atom is 0.115 e. The van der Waals surface area contributed by atoms with Gasteiger partial charge in [-0.25, -0.2) is 4.68 Å². The first-order valence-electron chi connectivity index (χ1n) is 9.74. The normalized spacial score (nSPS) is 19.3. The van der Waals surface area contributed by atoms with Gasteiger partial charge in [0.2, 0.25) is 0 Å². The number of aryl methyl sites for hydroxylation is 1. The summed E-state index contributed by atoms with van der Waals surface area (Å²) in [6.45, 7) is 5.73. The van der Waals surface area contributed by atoms with Crippen molar-refractivity contribution in [1.29, 1.82) is 0 Å². The molecular formula is C21H25N5O. The van der Waals surface area contributed by atoms with E-state index < -0.39 is 0 Å². The van der Waals surface area contributed by atoms with Gasteiger partial charge in [0.25, 0.3) is 0 Å². The zero-order valence-corrected chi connectivity index (χ0v) is 15.7. The highest BCUT2D eigenvalue weighted by atomic mass is 16.5. The van der Waals surface area contributed by atoms with Crippen molar-refractivity contribution in [2.75, 3.05) is 19.7 Å². The highest BCUT2D eigenvalue weighted by Crippen LogP contribution is 2.41. The van der Waals surface area contributed by atoms with E-state index in [4.69, 9.17) is 9.84 Å². The molecule has 1 aromatic carbocycles. The minimum atomic E-state index is -0.231. The van der Waals surface area contributed by atoms with Crippen molar-refractivity contribution in [2.24, 2.45) is 0 Å². The zero-order chi connectivity index (χ0) is 18.3. The number of H-pyrrole nitrogens is 1. The number of ether oxygens (including phenoxy) is 1. The maximum atomic E-state index is 6.36. The van der Waals surface area contributed by atoms with Crippen LogP contribution in [0.4, 0.5) is 0 Å². The van der Waals surface area contributed by atoms with E-state index in [1.54, 1.807) is 0 Å². The number of aromatic amines is 1. The number of para-hydroxylation sites is 1. The maximum absolute atomic E-state index is 6.36. The lowest BCUT2D eigenvalue weighted by molar-refractivity contribution is -0.102. The Bertz CT molecular complexity index is 921. The molecule has 1 fully saturated rings. The van der Waals surface area contributed by atoms with E-state index in [1.165, 1.54) is 5.56 Å². The van der Waals surface area contributed by atoms with Crippen LogP contribution in [0.15, 0.2) is 42.6 Å². The molecule has 6 nitrogen and oxygen atoms in total. The molecule has 5 rings (SSSR count). The standard InChI is InChI=1S/C21H25N5O/c1-16-13-18(23-22-16)15-25-10-8-21(9-11-25)20-17(7-12-27-21)14-26(24-20)19-5-3-2-4-6-19/h2-6,13-14H,7-12,15H2,1H3,(H,22,23). The lowest BCUT2D eigenvalue weighted by atomic mass is 9.84. The molecule has 4 heterocycles. The van der Waals surface area contributed by atoms with Gasteiger partial charge in [-0.3, -0.25) is 10.00 Å². The van der Waals surface area contributed by atoms with E-state index in [0.29, 0.717) is 0 Å². The van der Waals surface area contributed by atoms with Crippen LogP contribution in [-0.2, 0) is 23.3 Å². The number of likely N-dealkylation sites (tertiary alicyclic amines) is 1. The third kappa shape index (κ3) is 3.09. The molecule has 140 valence electrons. The molecule has 0 radical (unpaired) electrons. The summed E-state index contributed by atoms with van der Waals surface area (Å²) in [4.78, 5) is 2.46. The molecule has 6 heteroatoms. The number of piperidine rings is 1. The van der Waals surface area contributed by atoms with Crippen molar-refractivity contribution < 1.29 is 4.74 Å². The van der Waals surface area contributed by atoms with Gasteiger partial charge < -0.3 is 4.74 Å². The Morgan fingerprint density at radius 1 is 1.19 bits per heavy atom. The van der Waals surface area contributed by atoms with Crippen LogP contribution in [0.5, 0.6) is 0 Å². The quantitative estimate of drug-likeness (QED) is 0.777. The number of nitrogens with one attached hydrogen (secondary N) is 1. The van der Waals surface area contributed by atoms with Crippen molar-refractivity contribution in [3.05, 3.63) is 65.2 Å². The summed E-state index contributed by atoms with van der Waals surface area (Å²) >= 11 is 0. The summed E-state index contributed by atoms with van der Waals surface area (Å²) in [6.07, 6.45) is 5.10. The fraction of sp³-hybridized carbons (Fsp3) is 0.429. The Labute approximate surface area is 159 Å². The number of benzene rings is 1. The Balaban J connectivity index is 1.35. The predicted octanol–water partition coefficient (Wildman–Crippen LogP) is 2.97. The molecule has 2 aromatic heterocycles. The van der Waals surface area contributed by atoms with Gasteiger partial charge >= 0.3 is 0 Å². The van der Waals surface area contributed by atoms with Crippen LogP contribution < -0.4 is 0 Å². The second-order valence-corrected chi connectivity index (χ2v) is 7.69. The van der Waals surface area contributed by atoms with Crippen LogP contribution >= 0.6 is 0 Å². The number of rotatable bonds is 3. The van der Waals surface area contributed by atoms with Crippen molar-refractivity contribution >= 4 is 0 Å². The van der Waals surface area contributed by atoms with Gasteiger partial charge in [0.15, 0.2) is 0 Å². The Hall–Kier alpha value is -2.44. The highest BCUT2D eigenvalue weighted by Gasteiger charge is 2.43. The lowest BCUT2D eigenvalue weighted by Gasteiger charge is -2.42. The van der Waals surface area contributed by atoms with Crippen LogP contribution in [0, 0.1) is 6.92 Å². The van der Waals surface area contributed by atoms with Gasteiger partial charge in [-0.1, -0.05) is 18.2 Å². The zero-order valence-electron chi connectivity index (χ0n) is 15.7. The van der Waals surface area contributed by atoms with Crippen molar-refractivity contribution in [1.82, 2.24) is 24.9 Å². The van der Waals surface area contributed by atoms with E-state index in [1.807, 2.05) is 17.7 Å². The monoisotopic (exact) mass is 363 g/mol. The Kier molecular flexibility index (Phi) is 4.10. The number of aromatic nitrogens is 4. The molecule has 2 aliphatic heterocycles. The molecule has 3 aromatic rings. The van der Waals surface area contributed by atoms with E-state index in [-0.39, 0.29) is 5.60 Å². The van der Waals surface area contributed by atoms with Crippen LogP contribution in [0.2, 0.25) is 0 Å². The van der Waals surface area contributed by atoms with Crippen LogP contribution in [0.1, 0.15) is 35.5 Å². The second kappa shape index (κ2) is 6.62. The summed E-state index contributed by atoms with van der Waals surface area (Å²) in [5.41, 5.74) is 5.58. The molecule has 2 aliphatic rings. The first kappa shape index (κ1) is 16.7. The summed E-state index contributed by atoms with van der Waals surface area (Å²) < 4.78 is 8.37. The first-order chi connectivity index (χ1) is 13.2. The molecular weight excluding hydrogens is 338 g/mol. The Morgan fingerprint density at radius 3 is 2.74 bits per heavy atom. The minimum absolute atomic E-state index is 0.231. The molecule has 0 bridgehead atoms. The first-order valence-corrected chi connectivity index (χ1v) is 9.74. The van der Waals surface area contributed by atoms with Crippen LogP contribution in [0.3, 0.4) is 0 Å². The average Bonchev–Trinajstić information content (AvgIpc) is 3.32. The van der Waals surface area contributed by atoms with E-state index in [0.717, 1.165) is 68.3 Å². The molecule has 0 unspecified atom stereocenters. The van der Waals surface area contributed by atoms with Crippen molar-refractivity contribution in [3.63, 3.8) is 0 Å². The largest absolute Gasteiger partial charge is 0.368 e. The van der Waals surface area contributed by atoms with Crippen molar-refractivity contribution in [3.8, 4) is 5.69 Å². The van der Waals surface area contributed by atoms with Crippen LogP contribution in [0.25, 0.3) is 5.69 Å². The minimum Gasteiger partial charge on any atom is -0.368 e. The van der Waals surface area contributed by atoms with Crippen molar-refractivity contribution in [2.45, 2.75) is 38.3 Å². The van der Waals surface area contributed by atoms with E-state index >= 15 is 0 Å². The summed E-state index contributed by atoms with van der Waals surface area (Å²) in [7, 11) is 0. The van der Waals surface area contributed by atoms with E-state index in [2.05, 4.69) is 51.6 Å². The second-order valence-electron chi connectivity index (χ2n) is 7.69. The van der Waals surface area contributed by atoms with Gasteiger partial charge in [-0.2, -0.15) is 10.2 Å². The van der Waals surface area contributed by atoms with Crippen LogP contribution in [-0.4, -0.2) is 44.6 Å². The predicted molar refractivity (Wildman–Crippen MR) is 103 cm³/mol. The molecule has 0 amide bonds. The topological polar surface area (TPSA) is 59.0 Å². The summed E-state index contributed by atoms with van der Waals surface area (Å²) in [5.74, 6) is 0. The summed E-state index contributed by atoms with van der Waals surface area (Å²) in [5, 5.41) is 12.4. The molecule has 1 spiro atoms. The van der Waals surface area contributed by atoms with Gasteiger partial charge in [-0.15, -0.1) is 0 Å². The molecule has 27 heavy (non-hydrogen) atoms. The SMILES string of the molecule is Cc1cc(CN2CCC3(CC2)OCCc2cn(-c4ccccc4)nc23)n[nH]1. The van der Waals surface area contributed by atoms with E-state index in [9.17, 15) is 0 Å². The van der Waals surface area contributed by atoms with Gasteiger partial charge in [0.05, 0.1) is 23.7 Å². The Morgan fingerprint density at radius 2 is 2.00 bits per heavy atom. The third-order valence-electron chi connectivity index (χ3n) is 5.80. The van der Waals surface area contributed by atoms with Gasteiger partial charge in [0, 0.05) is 31.5 Å². The lowest BCUT2D eigenvalue weighted by Crippen LogP contribution is -2.46. The molecule has 0 atom stereocenters. The molecule has 1 N–H and O–H groups in total. The third-order valence-corrected chi connectivity index (χ3v) is 5.80. The molecule has 1 saturated heterocycles. The smallest absolute Gasteiger partial charge is 0.115 e.